The molecular formula is C28H24O2P+. The monoisotopic (exact) mass is 423 g/mol. The summed E-state index contributed by atoms with van der Waals surface area (Å²) in [6.45, 7) is 0. The first-order valence-corrected chi connectivity index (χ1v) is 11.7. The fourth-order valence-corrected chi connectivity index (χ4v) is 8.34. The molecule has 0 N–H and O–H groups in total. The minimum Gasteiger partial charge on any atom is -0.420 e. The van der Waals surface area contributed by atoms with E-state index < -0.39 is 7.26 Å². The van der Waals surface area contributed by atoms with Crippen LogP contribution in [0, 0.1) is 0 Å². The van der Waals surface area contributed by atoms with Crippen molar-refractivity contribution in [2.24, 2.45) is 0 Å². The first-order valence-electron chi connectivity index (χ1n) is 9.89. The fourth-order valence-electron chi connectivity index (χ4n) is 4.10. The van der Waals surface area contributed by atoms with Gasteiger partial charge < -0.3 is 4.42 Å². The average molecular weight is 423 g/mol. The molecule has 0 fully saturated rings. The molecule has 0 amide bonds. The normalized spacial score (nSPS) is 11.1. The third-order valence-electron chi connectivity index (χ3n) is 5.41. The van der Waals surface area contributed by atoms with Gasteiger partial charge >= 0.3 is 5.63 Å². The number of rotatable bonds is 4. The van der Waals surface area contributed by atoms with E-state index in [1.807, 2.05) is 84.9 Å². The second-order valence-electron chi connectivity index (χ2n) is 7.13. The number of hydrogen-bond donors (Lipinski definition) is 0. The quantitative estimate of drug-likeness (QED) is 0.299. The van der Waals surface area contributed by atoms with Gasteiger partial charge in [0.2, 0.25) is 0 Å². The van der Waals surface area contributed by atoms with Crippen molar-refractivity contribution in [3.63, 3.8) is 0 Å². The van der Waals surface area contributed by atoms with Crippen LogP contribution in [0.4, 0.5) is 0 Å². The van der Waals surface area contributed by atoms with E-state index in [4.69, 9.17) is 4.42 Å². The van der Waals surface area contributed by atoms with E-state index in [0.29, 0.717) is 10.9 Å². The molecule has 5 aromatic rings. The van der Waals surface area contributed by atoms with Crippen LogP contribution in [-0.2, 0) is 0 Å². The van der Waals surface area contributed by atoms with Gasteiger partial charge in [-0.1, -0.05) is 80.2 Å². The summed E-state index contributed by atoms with van der Waals surface area (Å²) in [7, 11) is -2.45. The highest BCUT2D eigenvalue weighted by Crippen LogP contribution is 2.53. The van der Waals surface area contributed by atoms with E-state index in [9.17, 15) is 4.79 Å². The van der Waals surface area contributed by atoms with Crippen LogP contribution >= 0.6 is 7.26 Å². The van der Waals surface area contributed by atoms with Gasteiger partial charge in [-0.15, -0.1) is 0 Å². The Hall–Kier alpha value is -3.48. The molecule has 0 atom stereocenters. The molecule has 0 aliphatic heterocycles. The Balaban J connectivity index is 0.00000231. The van der Waals surface area contributed by atoms with Gasteiger partial charge in [-0.2, -0.15) is 0 Å². The molecule has 0 bridgehead atoms. The lowest BCUT2D eigenvalue weighted by molar-refractivity contribution is 0.566. The Morgan fingerprint density at radius 2 is 0.968 bits per heavy atom. The van der Waals surface area contributed by atoms with Gasteiger partial charge in [0.25, 0.3) is 0 Å². The van der Waals surface area contributed by atoms with Gasteiger partial charge in [0, 0.05) is 11.5 Å². The van der Waals surface area contributed by atoms with Gasteiger partial charge in [0.05, 0.1) is 0 Å². The van der Waals surface area contributed by atoms with E-state index in [2.05, 4.69) is 36.4 Å². The Labute approximate surface area is 183 Å². The van der Waals surface area contributed by atoms with Gasteiger partial charge in [-0.25, -0.2) is 4.79 Å². The van der Waals surface area contributed by atoms with Gasteiger partial charge in [0.15, 0.2) is 12.6 Å². The third kappa shape index (κ3) is 3.50. The highest BCUT2D eigenvalue weighted by atomic mass is 31.2. The predicted octanol–water partition coefficient (Wildman–Crippen LogP) is 5.05. The number of fused-ring (bicyclic) bond motifs is 1. The summed E-state index contributed by atoms with van der Waals surface area (Å²) in [4.78, 5) is 13.5. The van der Waals surface area contributed by atoms with Crippen LogP contribution in [-0.4, -0.2) is 0 Å². The van der Waals surface area contributed by atoms with E-state index in [1.165, 1.54) is 0 Å². The molecule has 0 spiro atoms. The lowest BCUT2D eigenvalue weighted by Gasteiger charge is -2.26. The van der Waals surface area contributed by atoms with Crippen LogP contribution in [0.5, 0.6) is 0 Å². The van der Waals surface area contributed by atoms with Crippen molar-refractivity contribution >= 4 is 39.4 Å². The molecule has 5 rings (SSSR count). The molecule has 1 heterocycles. The van der Waals surface area contributed by atoms with Gasteiger partial charge in [-0.3, -0.25) is 0 Å². The first-order chi connectivity index (χ1) is 14.8. The summed E-state index contributed by atoms with van der Waals surface area (Å²) in [6, 6.07) is 40.8. The van der Waals surface area contributed by atoms with E-state index >= 15 is 0 Å². The Morgan fingerprint density at radius 1 is 0.548 bits per heavy atom. The third-order valence-corrected chi connectivity index (χ3v) is 9.67. The summed E-state index contributed by atoms with van der Waals surface area (Å²) >= 11 is 0. The van der Waals surface area contributed by atoms with E-state index in [1.54, 1.807) is 0 Å². The molecule has 0 saturated carbocycles. The Morgan fingerprint density at radius 3 is 1.45 bits per heavy atom. The Bertz CT molecular complexity index is 1250. The van der Waals surface area contributed by atoms with Crippen LogP contribution in [0.3, 0.4) is 0 Å². The summed E-state index contributed by atoms with van der Waals surface area (Å²) in [5.74, 6) is 0. The maximum absolute atomic E-state index is 13.5. The zero-order valence-electron chi connectivity index (χ0n) is 16.3. The number of hydrogen-bond acceptors (Lipinski definition) is 2. The average Bonchev–Trinajstić information content (AvgIpc) is 2.82. The first kappa shape index (κ1) is 20.8. The maximum Gasteiger partial charge on any atom is 0.380 e. The fraction of sp³-hybridized carbons (Fsp3) is 0.0357. The molecule has 152 valence electrons. The number of para-hydroxylation sites is 1. The summed E-state index contributed by atoms with van der Waals surface area (Å²) in [5, 5.41) is 5.03. The van der Waals surface area contributed by atoms with Gasteiger partial charge in [0.1, 0.15) is 21.5 Å². The van der Waals surface area contributed by atoms with E-state index in [0.717, 1.165) is 21.3 Å². The molecule has 1 aromatic heterocycles. The van der Waals surface area contributed by atoms with Crippen LogP contribution in [0.25, 0.3) is 11.0 Å². The highest BCUT2D eigenvalue weighted by molar-refractivity contribution is 8.01. The molecule has 0 saturated heterocycles. The molecule has 0 radical (unpaired) electrons. The lowest BCUT2D eigenvalue weighted by Crippen LogP contribution is -2.44. The zero-order chi connectivity index (χ0) is 20.4. The van der Waals surface area contributed by atoms with Crippen molar-refractivity contribution in [1.29, 1.82) is 0 Å². The Kier molecular flexibility index (Phi) is 5.84. The van der Waals surface area contributed by atoms with Crippen LogP contribution in [0.2, 0.25) is 0 Å². The molecule has 31 heavy (non-hydrogen) atoms. The minimum absolute atomic E-state index is 0. The van der Waals surface area contributed by atoms with Crippen molar-refractivity contribution in [2.75, 3.05) is 0 Å². The molecule has 0 unspecified atom stereocenters. The smallest absolute Gasteiger partial charge is 0.380 e. The molecule has 2 nitrogen and oxygen atoms in total. The van der Waals surface area contributed by atoms with Crippen molar-refractivity contribution in [3.8, 4) is 0 Å². The van der Waals surface area contributed by atoms with Crippen molar-refractivity contribution in [3.05, 3.63) is 132 Å². The standard InChI is InChI=1S/C27H20O2P.CH4/c28-27-26(20-21-12-10-11-19-25(21)29-27)30(22-13-4-1-5-14-22,23-15-6-2-7-16-23)24-17-8-3-9-18-24;/h1-20H;1H4/q+1;. The molecule has 3 heteroatoms. The topological polar surface area (TPSA) is 30.2 Å². The van der Waals surface area contributed by atoms with Crippen molar-refractivity contribution < 1.29 is 4.42 Å². The molecule has 0 aliphatic rings. The van der Waals surface area contributed by atoms with Crippen LogP contribution < -0.4 is 26.8 Å². The predicted molar refractivity (Wildman–Crippen MR) is 134 cm³/mol. The second-order valence-corrected chi connectivity index (χ2v) is 10.5. The molecule has 4 aromatic carbocycles. The van der Waals surface area contributed by atoms with E-state index in [-0.39, 0.29) is 13.1 Å². The SMILES string of the molecule is C.O=c1oc2ccccc2cc1[P+](c1ccccc1)(c1ccccc1)c1ccccc1. The molecule has 0 aliphatic carbocycles. The zero-order valence-corrected chi connectivity index (χ0v) is 17.2. The van der Waals surface area contributed by atoms with Gasteiger partial charge in [-0.05, 0) is 42.5 Å². The highest BCUT2D eigenvalue weighted by Gasteiger charge is 2.50. The lowest BCUT2D eigenvalue weighted by atomic mass is 10.2. The van der Waals surface area contributed by atoms with Crippen molar-refractivity contribution in [1.82, 2.24) is 0 Å². The maximum atomic E-state index is 13.5. The van der Waals surface area contributed by atoms with Crippen LogP contribution in [0.15, 0.2) is 131 Å². The minimum atomic E-state index is -2.45. The van der Waals surface area contributed by atoms with Crippen molar-refractivity contribution in [2.45, 2.75) is 7.43 Å². The summed E-state index contributed by atoms with van der Waals surface area (Å²) in [6.07, 6.45) is 0. The summed E-state index contributed by atoms with van der Waals surface area (Å²) < 4.78 is 5.84. The number of benzene rings is 4. The summed E-state index contributed by atoms with van der Waals surface area (Å²) in [5.41, 5.74) is 0.331. The molecular weight excluding hydrogens is 399 g/mol. The van der Waals surface area contributed by atoms with Crippen LogP contribution in [0.1, 0.15) is 7.43 Å². The second kappa shape index (κ2) is 8.71. The largest absolute Gasteiger partial charge is 0.420 e.